The van der Waals surface area contributed by atoms with Gasteiger partial charge in [0, 0.05) is 6.42 Å². The molecular formula is C6H6Cl2. The third-order valence-electron chi connectivity index (χ3n) is 1.10. The molecule has 2 atom stereocenters. The zero-order chi connectivity index (χ0) is 5.98. The molecule has 0 bridgehead atoms. The molecule has 1 rings (SSSR count). The molecule has 0 heterocycles. The lowest BCUT2D eigenvalue weighted by atomic mass is 10.1. The molecule has 0 amide bonds. The molecule has 0 fully saturated rings. The maximum absolute atomic E-state index is 5.73. The van der Waals surface area contributed by atoms with Gasteiger partial charge in [0.2, 0.25) is 0 Å². The summed E-state index contributed by atoms with van der Waals surface area (Å²) in [5.41, 5.74) is 0. The van der Waals surface area contributed by atoms with E-state index in [1.54, 1.807) is 0 Å². The smallest absolute Gasteiger partial charge is 0.111 e. The SMILES string of the molecule is ClC1C#CCCC1Cl. The van der Waals surface area contributed by atoms with Crippen LogP contribution in [-0.4, -0.2) is 10.8 Å². The summed E-state index contributed by atoms with van der Waals surface area (Å²) in [5, 5.41) is -0.0525. The molecule has 0 aliphatic heterocycles. The fourth-order valence-corrected chi connectivity index (χ4v) is 0.992. The first-order valence-corrected chi connectivity index (χ1v) is 3.44. The van der Waals surface area contributed by atoms with E-state index < -0.39 is 0 Å². The highest BCUT2D eigenvalue weighted by molar-refractivity contribution is 6.31. The molecule has 0 saturated carbocycles. The quantitative estimate of drug-likeness (QED) is 0.365. The monoisotopic (exact) mass is 148 g/mol. The van der Waals surface area contributed by atoms with E-state index in [2.05, 4.69) is 11.8 Å². The minimum absolute atomic E-state index is 0.0675. The van der Waals surface area contributed by atoms with Crippen molar-refractivity contribution >= 4 is 23.2 Å². The maximum Gasteiger partial charge on any atom is 0.111 e. The summed E-state index contributed by atoms with van der Waals surface area (Å²) in [7, 11) is 0. The average molecular weight is 149 g/mol. The van der Waals surface area contributed by atoms with E-state index in [9.17, 15) is 0 Å². The maximum atomic E-state index is 5.73. The number of rotatable bonds is 0. The standard InChI is InChI=1S/C6H6Cl2/c7-5-3-1-2-4-6(5)8/h5-6H,1,3H2. The van der Waals surface area contributed by atoms with Gasteiger partial charge >= 0.3 is 0 Å². The molecule has 0 saturated heterocycles. The molecule has 1 aliphatic rings. The molecule has 2 unspecified atom stereocenters. The number of hydrogen-bond donors (Lipinski definition) is 0. The van der Waals surface area contributed by atoms with E-state index in [4.69, 9.17) is 23.2 Å². The van der Waals surface area contributed by atoms with Crippen LogP contribution in [0.4, 0.5) is 0 Å². The summed E-state index contributed by atoms with van der Waals surface area (Å²) in [4.78, 5) is 0. The van der Waals surface area contributed by atoms with E-state index in [-0.39, 0.29) is 10.8 Å². The van der Waals surface area contributed by atoms with Gasteiger partial charge in [-0.25, -0.2) is 0 Å². The van der Waals surface area contributed by atoms with Gasteiger partial charge in [-0.2, -0.15) is 0 Å². The van der Waals surface area contributed by atoms with Crippen molar-refractivity contribution in [1.29, 1.82) is 0 Å². The van der Waals surface area contributed by atoms with Crippen LogP contribution in [-0.2, 0) is 0 Å². The first-order chi connectivity index (χ1) is 3.80. The zero-order valence-electron chi connectivity index (χ0n) is 4.32. The highest BCUT2D eigenvalue weighted by Crippen LogP contribution is 2.17. The first kappa shape index (κ1) is 6.26. The molecule has 0 radical (unpaired) electrons. The van der Waals surface area contributed by atoms with E-state index >= 15 is 0 Å². The largest absolute Gasteiger partial charge is 0.120 e. The second-order valence-corrected chi connectivity index (χ2v) is 2.81. The van der Waals surface area contributed by atoms with Crippen molar-refractivity contribution in [3.63, 3.8) is 0 Å². The lowest BCUT2D eigenvalue weighted by Crippen LogP contribution is -2.15. The van der Waals surface area contributed by atoms with E-state index in [0.29, 0.717) is 0 Å². The second-order valence-electron chi connectivity index (χ2n) is 1.78. The summed E-state index contributed by atoms with van der Waals surface area (Å²) >= 11 is 11.4. The Morgan fingerprint density at radius 1 is 1.38 bits per heavy atom. The molecule has 0 aromatic heterocycles. The molecule has 0 aromatic rings. The van der Waals surface area contributed by atoms with Gasteiger partial charge in [0.1, 0.15) is 5.38 Å². The molecule has 0 spiro atoms. The Bertz CT molecular complexity index is 131. The molecule has 2 heteroatoms. The molecule has 0 aromatic carbocycles. The lowest BCUT2D eigenvalue weighted by Gasteiger charge is -2.11. The van der Waals surface area contributed by atoms with Crippen LogP contribution in [0.5, 0.6) is 0 Å². The van der Waals surface area contributed by atoms with Crippen molar-refractivity contribution in [2.24, 2.45) is 0 Å². The second kappa shape index (κ2) is 2.62. The van der Waals surface area contributed by atoms with Crippen LogP contribution in [0.3, 0.4) is 0 Å². The van der Waals surface area contributed by atoms with Crippen molar-refractivity contribution in [3.8, 4) is 11.8 Å². The fraction of sp³-hybridized carbons (Fsp3) is 0.667. The molecule has 44 valence electrons. The van der Waals surface area contributed by atoms with Crippen molar-refractivity contribution in [2.75, 3.05) is 0 Å². The lowest BCUT2D eigenvalue weighted by molar-refractivity contribution is 0.777. The minimum Gasteiger partial charge on any atom is -0.120 e. The van der Waals surface area contributed by atoms with E-state index in [1.165, 1.54) is 0 Å². The topological polar surface area (TPSA) is 0 Å². The van der Waals surface area contributed by atoms with E-state index in [0.717, 1.165) is 12.8 Å². The Morgan fingerprint density at radius 3 is 2.50 bits per heavy atom. The van der Waals surface area contributed by atoms with Crippen LogP contribution < -0.4 is 0 Å². The van der Waals surface area contributed by atoms with Gasteiger partial charge in [-0.15, -0.1) is 29.1 Å². The van der Waals surface area contributed by atoms with Crippen molar-refractivity contribution in [3.05, 3.63) is 0 Å². The molecule has 0 N–H and O–H groups in total. The van der Waals surface area contributed by atoms with Crippen molar-refractivity contribution in [1.82, 2.24) is 0 Å². The molecule has 0 nitrogen and oxygen atoms in total. The predicted octanol–water partition coefficient (Wildman–Crippen LogP) is 2.00. The minimum atomic E-state index is -0.120. The Labute approximate surface area is 59.2 Å². The van der Waals surface area contributed by atoms with Crippen LogP contribution in [0.25, 0.3) is 0 Å². The average Bonchev–Trinajstić information content (AvgIpc) is 1.77. The van der Waals surface area contributed by atoms with Gasteiger partial charge in [-0.3, -0.25) is 0 Å². The van der Waals surface area contributed by atoms with Crippen LogP contribution in [0.2, 0.25) is 0 Å². The van der Waals surface area contributed by atoms with Gasteiger partial charge < -0.3 is 0 Å². The highest BCUT2D eigenvalue weighted by Gasteiger charge is 2.15. The Hall–Kier alpha value is 0.140. The van der Waals surface area contributed by atoms with Gasteiger partial charge in [0.05, 0.1) is 5.38 Å². The summed E-state index contributed by atoms with van der Waals surface area (Å²) in [6.45, 7) is 0. The molecule has 8 heavy (non-hydrogen) atoms. The number of hydrogen-bond acceptors (Lipinski definition) is 0. The summed E-state index contributed by atoms with van der Waals surface area (Å²) in [5.74, 6) is 5.71. The Morgan fingerprint density at radius 2 is 2.12 bits per heavy atom. The van der Waals surface area contributed by atoms with Gasteiger partial charge in [-0.1, -0.05) is 5.92 Å². The summed E-state index contributed by atoms with van der Waals surface area (Å²) in [6.07, 6.45) is 1.83. The number of halogens is 2. The van der Waals surface area contributed by atoms with Gasteiger partial charge in [-0.05, 0) is 6.42 Å². The van der Waals surface area contributed by atoms with E-state index in [1.807, 2.05) is 0 Å². The number of alkyl halides is 2. The predicted molar refractivity (Wildman–Crippen MR) is 36.3 cm³/mol. The summed E-state index contributed by atoms with van der Waals surface area (Å²) < 4.78 is 0. The highest BCUT2D eigenvalue weighted by atomic mass is 35.5. The van der Waals surface area contributed by atoms with Gasteiger partial charge in [0.15, 0.2) is 0 Å². The first-order valence-electron chi connectivity index (χ1n) is 2.57. The molecular weight excluding hydrogens is 143 g/mol. The van der Waals surface area contributed by atoms with Crippen molar-refractivity contribution in [2.45, 2.75) is 23.6 Å². The molecule has 1 aliphatic carbocycles. The Balaban J connectivity index is 2.55. The third kappa shape index (κ3) is 1.31. The van der Waals surface area contributed by atoms with Gasteiger partial charge in [0.25, 0.3) is 0 Å². The normalized spacial score (nSPS) is 35.8. The van der Waals surface area contributed by atoms with Crippen LogP contribution >= 0.6 is 23.2 Å². The van der Waals surface area contributed by atoms with Crippen molar-refractivity contribution < 1.29 is 0 Å². The zero-order valence-corrected chi connectivity index (χ0v) is 5.84. The van der Waals surface area contributed by atoms with Crippen LogP contribution in [0, 0.1) is 11.8 Å². The summed E-state index contributed by atoms with van der Waals surface area (Å²) in [6, 6.07) is 0. The third-order valence-corrected chi connectivity index (χ3v) is 2.12. The Kier molecular flexibility index (Phi) is 2.05. The van der Waals surface area contributed by atoms with Crippen LogP contribution in [0.1, 0.15) is 12.8 Å². The van der Waals surface area contributed by atoms with Crippen LogP contribution in [0.15, 0.2) is 0 Å². The fourth-order valence-electron chi connectivity index (χ4n) is 0.616.